The molecule has 4 rings (SSSR count). The van der Waals surface area contributed by atoms with Crippen molar-refractivity contribution in [1.29, 1.82) is 0 Å². The first kappa shape index (κ1) is 37.6. The summed E-state index contributed by atoms with van der Waals surface area (Å²) < 4.78 is 0. The molecule has 11 nitrogen and oxygen atoms in total. The third kappa shape index (κ3) is 13.8. The Balaban J connectivity index is 0.00000154. The van der Waals surface area contributed by atoms with Crippen LogP contribution in [0.5, 0.6) is 0 Å². The molecule has 256 valence electrons. The van der Waals surface area contributed by atoms with E-state index >= 15 is 0 Å². The molecule has 0 radical (unpaired) electrons. The van der Waals surface area contributed by atoms with Crippen molar-refractivity contribution in [3.8, 4) is 0 Å². The Hall–Kier alpha value is -5.81. The number of carboxylic acids is 2. The number of carbonyl (C=O) groups is 5. The van der Waals surface area contributed by atoms with E-state index < -0.39 is 53.8 Å². The predicted octanol–water partition coefficient (Wildman–Crippen LogP) is 2.91. The number of hydrogen-bond donors (Lipinski definition) is 6. The smallest absolute Gasteiger partial charge is 0.326 e. The highest BCUT2D eigenvalue weighted by atomic mass is 16.4. The lowest BCUT2D eigenvalue weighted by molar-refractivity contribution is -0.142. The van der Waals surface area contributed by atoms with E-state index in [4.69, 9.17) is 15.6 Å². The van der Waals surface area contributed by atoms with Crippen molar-refractivity contribution < 1.29 is 34.2 Å². The Morgan fingerprint density at radius 2 is 0.755 bits per heavy atom. The van der Waals surface area contributed by atoms with Gasteiger partial charge in [0.25, 0.3) is 5.97 Å². The lowest BCUT2D eigenvalue weighted by atomic mass is 10.0. The van der Waals surface area contributed by atoms with Crippen LogP contribution in [0.25, 0.3) is 0 Å². The van der Waals surface area contributed by atoms with Crippen LogP contribution in [-0.2, 0) is 49.7 Å². The van der Waals surface area contributed by atoms with Crippen molar-refractivity contribution >= 4 is 29.7 Å². The zero-order chi connectivity index (χ0) is 35.6. The van der Waals surface area contributed by atoms with E-state index in [0.717, 1.165) is 29.2 Å². The fourth-order valence-electron chi connectivity index (χ4n) is 4.95. The quantitative estimate of drug-likeness (QED) is 0.112. The van der Waals surface area contributed by atoms with Crippen molar-refractivity contribution in [2.75, 3.05) is 0 Å². The molecular formula is C38H42N4O7. The van der Waals surface area contributed by atoms with Gasteiger partial charge in [-0.2, -0.15) is 0 Å². The predicted molar refractivity (Wildman–Crippen MR) is 185 cm³/mol. The number of amides is 3. The molecule has 0 aromatic heterocycles. The molecule has 0 unspecified atom stereocenters. The Bertz CT molecular complexity index is 1630. The SMILES string of the molecule is CC(=O)O.N[C@@H](Cc1ccccc1)C(=O)N[C@@H](Cc1ccccc1)C(=O)N[C@@H](Cc1ccccc1)C(=O)N[C@@H](Cc1ccccc1)C(=O)O. The van der Waals surface area contributed by atoms with Crippen LogP contribution >= 0.6 is 0 Å². The number of carboxylic acid groups (broad SMARTS) is 2. The van der Waals surface area contributed by atoms with E-state index in [2.05, 4.69) is 16.0 Å². The number of aliphatic carboxylic acids is 2. The van der Waals surface area contributed by atoms with Crippen LogP contribution < -0.4 is 21.7 Å². The molecule has 0 saturated carbocycles. The average Bonchev–Trinajstić information content (AvgIpc) is 3.08. The summed E-state index contributed by atoms with van der Waals surface area (Å²) in [4.78, 5) is 61.7. The minimum Gasteiger partial charge on any atom is -0.481 e. The Morgan fingerprint density at radius 1 is 0.490 bits per heavy atom. The fourth-order valence-corrected chi connectivity index (χ4v) is 4.95. The molecule has 0 fully saturated rings. The summed E-state index contributed by atoms with van der Waals surface area (Å²) in [5.41, 5.74) is 9.41. The first-order chi connectivity index (χ1) is 23.5. The van der Waals surface area contributed by atoms with Gasteiger partial charge in [-0.25, -0.2) is 4.79 Å². The number of carbonyl (C=O) groups excluding carboxylic acids is 3. The summed E-state index contributed by atoms with van der Waals surface area (Å²) in [5, 5.41) is 25.5. The number of hydrogen-bond acceptors (Lipinski definition) is 6. The molecule has 49 heavy (non-hydrogen) atoms. The molecule has 3 amide bonds. The van der Waals surface area contributed by atoms with Gasteiger partial charge in [-0.1, -0.05) is 121 Å². The zero-order valence-corrected chi connectivity index (χ0v) is 27.2. The fraction of sp³-hybridized carbons (Fsp3) is 0.237. The van der Waals surface area contributed by atoms with Gasteiger partial charge in [-0.15, -0.1) is 0 Å². The second-order valence-electron chi connectivity index (χ2n) is 11.4. The van der Waals surface area contributed by atoms with Crippen molar-refractivity contribution in [1.82, 2.24) is 16.0 Å². The molecule has 4 aromatic rings. The molecule has 0 saturated heterocycles. The van der Waals surface area contributed by atoms with Gasteiger partial charge in [-0.05, 0) is 28.7 Å². The standard InChI is InChI=1S/C36H38N4O5.C2H4O2/c37-29(21-25-13-5-1-6-14-25)33(41)38-30(22-26-15-7-2-8-16-26)34(42)39-31(23-27-17-9-3-10-18-27)35(43)40-32(36(44)45)24-28-19-11-4-12-20-28;1-2(3)4/h1-20,29-32H,21-24,37H2,(H,38,41)(H,39,42)(H,40,43)(H,44,45);1H3,(H,3,4)/t29-,30-,31-,32-;/m0./s1. The molecule has 0 aliphatic carbocycles. The van der Waals surface area contributed by atoms with E-state index in [9.17, 15) is 24.3 Å². The van der Waals surface area contributed by atoms with Crippen molar-refractivity contribution in [2.45, 2.75) is 56.8 Å². The van der Waals surface area contributed by atoms with E-state index in [1.165, 1.54) is 0 Å². The van der Waals surface area contributed by atoms with Crippen LogP contribution in [0.1, 0.15) is 29.2 Å². The topological polar surface area (TPSA) is 188 Å². The molecule has 0 aliphatic rings. The minimum absolute atomic E-state index is 0.0694. The third-order valence-corrected chi connectivity index (χ3v) is 7.36. The van der Waals surface area contributed by atoms with E-state index in [0.29, 0.717) is 0 Å². The Kier molecular flexibility index (Phi) is 15.2. The molecule has 11 heteroatoms. The molecule has 0 heterocycles. The second kappa shape index (κ2) is 19.8. The van der Waals surface area contributed by atoms with Gasteiger partial charge >= 0.3 is 5.97 Å². The van der Waals surface area contributed by atoms with Crippen LogP contribution in [0.4, 0.5) is 0 Å². The van der Waals surface area contributed by atoms with Gasteiger partial charge in [0, 0.05) is 26.2 Å². The van der Waals surface area contributed by atoms with E-state index in [1.54, 1.807) is 24.3 Å². The van der Waals surface area contributed by atoms with E-state index in [-0.39, 0.29) is 25.7 Å². The van der Waals surface area contributed by atoms with Crippen LogP contribution in [-0.4, -0.2) is 64.0 Å². The van der Waals surface area contributed by atoms with Crippen LogP contribution in [0.3, 0.4) is 0 Å². The largest absolute Gasteiger partial charge is 0.481 e. The lowest BCUT2D eigenvalue weighted by Crippen LogP contribution is -2.58. The van der Waals surface area contributed by atoms with Gasteiger partial charge in [0.05, 0.1) is 6.04 Å². The van der Waals surface area contributed by atoms with Gasteiger partial charge in [0.1, 0.15) is 18.1 Å². The summed E-state index contributed by atoms with van der Waals surface area (Å²) >= 11 is 0. The maximum absolute atomic E-state index is 13.8. The molecule has 7 N–H and O–H groups in total. The van der Waals surface area contributed by atoms with Crippen molar-refractivity contribution in [3.05, 3.63) is 144 Å². The van der Waals surface area contributed by atoms with E-state index in [1.807, 2.05) is 97.1 Å². The maximum Gasteiger partial charge on any atom is 0.326 e. The number of nitrogens with one attached hydrogen (secondary N) is 3. The summed E-state index contributed by atoms with van der Waals surface area (Å²) in [7, 11) is 0. The van der Waals surface area contributed by atoms with Gasteiger partial charge in [-0.3, -0.25) is 19.2 Å². The zero-order valence-electron chi connectivity index (χ0n) is 27.2. The monoisotopic (exact) mass is 666 g/mol. The highest BCUT2D eigenvalue weighted by molar-refractivity contribution is 5.94. The van der Waals surface area contributed by atoms with Crippen molar-refractivity contribution in [3.63, 3.8) is 0 Å². The first-order valence-electron chi connectivity index (χ1n) is 15.8. The van der Waals surface area contributed by atoms with Gasteiger partial charge in [0.2, 0.25) is 17.7 Å². The highest BCUT2D eigenvalue weighted by Crippen LogP contribution is 2.10. The summed E-state index contributed by atoms with van der Waals surface area (Å²) in [5.74, 6) is -3.78. The summed E-state index contributed by atoms with van der Waals surface area (Å²) in [6, 6.07) is 32.3. The molecule has 4 atom stereocenters. The summed E-state index contributed by atoms with van der Waals surface area (Å²) in [6.07, 6.45) is 0.612. The van der Waals surface area contributed by atoms with Gasteiger partial charge < -0.3 is 31.9 Å². The average molecular weight is 667 g/mol. The van der Waals surface area contributed by atoms with Crippen LogP contribution in [0.2, 0.25) is 0 Å². The molecule has 0 aliphatic heterocycles. The molecule has 0 bridgehead atoms. The number of rotatable bonds is 15. The first-order valence-corrected chi connectivity index (χ1v) is 15.8. The van der Waals surface area contributed by atoms with Crippen LogP contribution in [0.15, 0.2) is 121 Å². The molecular weight excluding hydrogens is 624 g/mol. The lowest BCUT2D eigenvalue weighted by Gasteiger charge is -2.25. The number of nitrogens with two attached hydrogens (primary N) is 1. The Morgan fingerprint density at radius 3 is 1.08 bits per heavy atom. The highest BCUT2D eigenvalue weighted by Gasteiger charge is 2.31. The number of benzene rings is 4. The molecule has 4 aromatic carbocycles. The Labute approximate surface area is 285 Å². The minimum atomic E-state index is -1.22. The second-order valence-corrected chi connectivity index (χ2v) is 11.4. The summed E-state index contributed by atoms with van der Waals surface area (Å²) in [6.45, 7) is 1.08. The van der Waals surface area contributed by atoms with Crippen molar-refractivity contribution in [2.24, 2.45) is 5.73 Å². The normalized spacial score (nSPS) is 12.9. The third-order valence-electron chi connectivity index (χ3n) is 7.36. The maximum atomic E-state index is 13.8. The molecule has 0 spiro atoms. The van der Waals surface area contributed by atoms with Gasteiger partial charge in [0.15, 0.2) is 0 Å². The van der Waals surface area contributed by atoms with Crippen LogP contribution in [0, 0.1) is 0 Å².